The van der Waals surface area contributed by atoms with Gasteiger partial charge in [-0.15, -0.1) is 12.4 Å². The van der Waals surface area contributed by atoms with E-state index in [1.165, 1.54) is 12.1 Å². The lowest BCUT2D eigenvalue weighted by Crippen LogP contribution is -2.53. The Bertz CT molecular complexity index is 496. The van der Waals surface area contributed by atoms with E-state index in [4.69, 9.17) is 4.74 Å². The lowest BCUT2D eigenvalue weighted by Gasteiger charge is -2.34. The summed E-state index contributed by atoms with van der Waals surface area (Å²) in [5.41, 5.74) is 0.0810. The summed E-state index contributed by atoms with van der Waals surface area (Å²) in [6, 6.07) is 4.42. The molecule has 0 aliphatic carbocycles. The molecule has 0 radical (unpaired) electrons. The van der Waals surface area contributed by atoms with Crippen molar-refractivity contribution in [2.45, 2.75) is 25.0 Å². The van der Waals surface area contributed by atoms with Crippen LogP contribution in [-0.4, -0.2) is 31.7 Å². The van der Waals surface area contributed by atoms with Gasteiger partial charge in [0.05, 0.1) is 0 Å². The molecule has 0 aromatic heterocycles. The lowest BCUT2D eigenvalue weighted by atomic mass is 9.91. The highest BCUT2D eigenvalue weighted by Gasteiger charge is 2.39. The first-order chi connectivity index (χ1) is 9.57. The fourth-order valence-corrected chi connectivity index (χ4v) is 2.85. The second kappa shape index (κ2) is 8.08. The molecule has 2 rings (SSSR count). The predicted octanol–water partition coefficient (Wildman–Crippen LogP) is 2.39. The molecule has 1 amide bonds. The van der Waals surface area contributed by atoms with Crippen LogP contribution in [0.4, 0.5) is 4.39 Å². The average Bonchev–Trinajstić information content (AvgIpc) is 2.46. The maximum Gasteiger partial charge on any atom is 0.252 e. The highest BCUT2D eigenvalue weighted by molar-refractivity contribution is 9.10. The normalized spacial score (nSPS) is 16.9. The van der Waals surface area contributed by atoms with Gasteiger partial charge in [0.2, 0.25) is 0 Å². The molecule has 1 heterocycles. The minimum absolute atomic E-state index is 0. The van der Waals surface area contributed by atoms with Gasteiger partial charge in [-0.05, 0) is 43.6 Å². The quantitative estimate of drug-likeness (QED) is 0.842. The molecule has 1 aromatic rings. The van der Waals surface area contributed by atoms with Gasteiger partial charge in [0.1, 0.15) is 11.4 Å². The Hall–Kier alpha value is -0.690. The zero-order valence-corrected chi connectivity index (χ0v) is 14.2. The number of carbonyl (C=O) groups is 1. The summed E-state index contributed by atoms with van der Waals surface area (Å²) < 4.78 is 19.1. The van der Waals surface area contributed by atoms with Crippen molar-refractivity contribution in [3.63, 3.8) is 0 Å². The molecule has 1 saturated heterocycles. The molecular weight excluding hydrogens is 363 g/mol. The van der Waals surface area contributed by atoms with Crippen molar-refractivity contribution < 1.29 is 13.9 Å². The van der Waals surface area contributed by atoms with Crippen LogP contribution in [0.2, 0.25) is 0 Å². The second-order valence-electron chi connectivity index (χ2n) is 4.87. The van der Waals surface area contributed by atoms with Crippen molar-refractivity contribution in [2.75, 3.05) is 20.2 Å². The van der Waals surface area contributed by atoms with Crippen LogP contribution in [0, 0.1) is 5.82 Å². The molecular formula is C14H19BrClFN2O2. The van der Waals surface area contributed by atoms with Crippen LogP contribution in [0.1, 0.15) is 18.4 Å². The minimum atomic E-state index is -0.752. The van der Waals surface area contributed by atoms with Crippen LogP contribution in [0.5, 0.6) is 0 Å². The molecule has 0 atom stereocenters. The number of amides is 1. The molecule has 118 valence electrons. The van der Waals surface area contributed by atoms with Gasteiger partial charge in [-0.2, -0.15) is 0 Å². The standard InChI is InChI=1S/C14H18BrFN2O2.ClH/c1-20-14(4-6-17-7-5-14)13(19)18-9-10-2-3-11(16)8-12(10)15;/h2-3,8,17H,4-7,9H2,1H3,(H,18,19);1H. The number of nitrogens with one attached hydrogen (secondary N) is 2. The molecule has 4 nitrogen and oxygen atoms in total. The number of benzene rings is 1. The summed E-state index contributed by atoms with van der Waals surface area (Å²) in [6.07, 6.45) is 1.31. The second-order valence-corrected chi connectivity index (χ2v) is 5.72. The van der Waals surface area contributed by atoms with Gasteiger partial charge in [-0.3, -0.25) is 4.79 Å². The number of hydrogen-bond acceptors (Lipinski definition) is 3. The first-order valence-corrected chi connectivity index (χ1v) is 7.35. The minimum Gasteiger partial charge on any atom is -0.368 e. The van der Waals surface area contributed by atoms with Crippen molar-refractivity contribution in [3.05, 3.63) is 34.1 Å². The number of piperidine rings is 1. The zero-order chi connectivity index (χ0) is 14.6. The number of ether oxygens (including phenoxy) is 1. The van der Waals surface area contributed by atoms with E-state index in [-0.39, 0.29) is 24.1 Å². The highest BCUT2D eigenvalue weighted by atomic mass is 79.9. The van der Waals surface area contributed by atoms with E-state index in [0.29, 0.717) is 23.9 Å². The van der Waals surface area contributed by atoms with E-state index in [9.17, 15) is 9.18 Å². The molecule has 7 heteroatoms. The number of carbonyl (C=O) groups excluding carboxylic acids is 1. The highest BCUT2D eigenvalue weighted by Crippen LogP contribution is 2.23. The van der Waals surface area contributed by atoms with Gasteiger partial charge >= 0.3 is 0 Å². The van der Waals surface area contributed by atoms with Crippen LogP contribution < -0.4 is 10.6 Å². The van der Waals surface area contributed by atoms with Gasteiger partial charge < -0.3 is 15.4 Å². The Morgan fingerprint density at radius 3 is 2.71 bits per heavy atom. The van der Waals surface area contributed by atoms with Gasteiger partial charge in [-0.1, -0.05) is 22.0 Å². The summed E-state index contributed by atoms with van der Waals surface area (Å²) in [5.74, 6) is -0.420. The Morgan fingerprint density at radius 1 is 1.48 bits per heavy atom. The predicted molar refractivity (Wildman–Crippen MR) is 85.0 cm³/mol. The number of rotatable bonds is 4. The van der Waals surface area contributed by atoms with Gasteiger partial charge in [-0.25, -0.2) is 4.39 Å². The molecule has 21 heavy (non-hydrogen) atoms. The fraction of sp³-hybridized carbons (Fsp3) is 0.500. The van der Waals surface area contributed by atoms with Gasteiger partial charge in [0, 0.05) is 18.1 Å². The van der Waals surface area contributed by atoms with E-state index >= 15 is 0 Å². The topological polar surface area (TPSA) is 50.4 Å². The summed E-state index contributed by atoms with van der Waals surface area (Å²) in [5, 5.41) is 6.09. The van der Waals surface area contributed by atoms with Gasteiger partial charge in [0.25, 0.3) is 5.91 Å². The first-order valence-electron chi connectivity index (χ1n) is 6.55. The Balaban J connectivity index is 0.00000220. The lowest BCUT2D eigenvalue weighted by molar-refractivity contribution is -0.146. The van der Waals surface area contributed by atoms with Crippen LogP contribution in [0.15, 0.2) is 22.7 Å². The van der Waals surface area contributed by atoms with E-state index in [0.717, 1.165) is 18.7 Å². The summed E-state index contributed by atoms with van der Waals surface area (Å²) >= 11 is 3.29. The van der Waals surface area contributed by atoms with Crippen LogP contribution >= 0.6 is 28.3 Å². The third kappa shape index (κ3) is 4.39. The van der Waals surface area contributed by atoms with Gasteiger partial charge in [0.15, 0.2) is 0 Å². The monoisotopic (exact) mass is 380 g/mol. The van der Waals surface area contributed by atoms with E-state index in [2.05, 4.69) is 26.6 Å². The maximum absolute atomic E-state index is 13.0. The van der Waals surface area contributed by atoms with Crippen molar-refractivity contribution in [3.8, 4) is 0 Å². The molecule has 0 spiro atoms. The van der Waals surface area contributed by atoms with E-state index < -0.39 is 5.60 Å². The van der Waals surface area contributed by atoms with E-state index in [1.807, 2.05) is 0 Å². The summed E-state index contributed by atoms with van der Waals surface area (Å²) in [7, 11) is 1.57. The fourth-order valence-electron chi connectivity index (χ4n) is 2.36. The van der Waals surface area contributed by atoms with Crippen LogP contribution in [0.25, 0.3) is 0 Å². The first kappa shape index (κ1) is 18.4. The number of methoxy groups -OCH3 is 1. The molecule has 0 bridgehead atoms. The van der Waals surface area contributed by atoms with Crippen molar-refractivity contribution >= 4 is 34.2 Å². The van der Waals surface area contributed by atoms with Crippen molar-refractivity contribution in [1.82, 2.24) is 10.6 Å². The largest absolute Gasteiger partial charge is 0.368 e. The molecule has 0 saturated carbocycles. The third-order valence-corrected chi connectivity index (χ3v) is 4.41. The number of hydrogen-bond donors (Lipinski definition) is 2. The summed E-state index contributed by atoms with van der Waals surface area (Å²) in [6.45, 7) is 1.88. The van der Waals surface area contributed by atoms with Crippen molar-refractivity contribution in [1.29, 1.82) is 0 Å². The number of halogens is 3. The molecule has 0 unspecified atom stereocenters. The zero-order valence-electron chi connectivity index (χ0n) is 11.7. The SMILES string of the molecule is COC1(C(=O)NCc2ccc(F)cc2Br)CCNCC1.Cl. The van der Waals surface area contributed by atoms with Crippen molar-refractivity contribution in [2.24, 2.45) is 0 Å². The Kier molecular flexibility index (Phi) is 7.06. The van der Waals surface area contributed by atoms with E-state index in [1.54, 1.807) is 13.2 Å². The molecule has 1 aliphatic heterocycles. The average molecular weight is 382 g/mol. The molecule has 1 aromatic carbocycles. The van der Waals surface area contributed by atoms with Crippen LogP contribution in [-0.2, 0) is 16.1 Å². The smallest absolute Gasteiger partial charge is 0.252 e. The Morgan fingerprint density at radius 2 is 2.14 bits per heavy atom. The maximum atomic E-state index is 13.0. The summed E-state index contributed by atoms with van der Waals surface area (Å²) in [4.78, 5) is 12.3. The van der Waals surface area contributed by atoms with Crippen LogP contribution in [0.3, 0.4) is 0 Å². The molecule has 1 fully saturated rings. The third-order valence-electron chi connectivity index (χ3n) is 3.67. The molecule has 1 aliphatic rings. The molecule has 2 N–H and O–H groups in total. The Labute approximate surface area is 138 Å².